The van der Waals surface area contributed by atoms with Crippen molar-refractivity contribution < 1.29 is 9.53 Å². The SMILES string of the molecule is Cc1cc2ncc3c(n2n1)C[C@H]1CC[C@H]3N1C(=O)C[C@@H]1CCCCO1. The van der Waals surface area contributed by atoms with Crippen LogP contribution in [-0.4, -0.2) is 44.2 Å². The molecule has 6 nitrogen and oxygen atoms in total. The fourth-order valence-electron chi connectivity index (χ4n) is 4.85. The summed E-state index contributed by atoms with van der Waals surface area (Å²) in [6.45, 7) is 2.80. The first-order chi connectivity index (χ1) is 12.2. The Hall–Kier alpha value is -1.95. The Morgan fingerprint density at radius 2 is 2.24 bits per heavy atom. The van der Waals surface area contributed by atoms with E-state index in [-0.39, 0.29) is 18.1 Å². The molecule has 3 aliphatic rings. The van der Waals surface area contributed by atoms with E-state index in [0.29, 0.717) is 12.5 Å². The number of ether oxygens (including phenoxy) is 1. The van der Waals surface area contributed by atoms with Gasteiger partial charge in [-0.15, -0.1) is 0 Å². The van der Waals surface area contributed by atoms with Crippen LogP contribution in [0.4, 0.5) is 0 Å². The predicted octanol–water partition coefficient (Wildman–Crippen LogP) is 2.59. The Labute approximate surface area is 147 Å². The van der Waals surface area contributed by atoms with Gasteiger partial charge in [-0.05, 0) is 39.0 Å². The van der Waals surface area contributed by atoms with Crippen molar-refractivity contribution in [2.45, 2.75) is 70.1 Å². The third-order valence-electron chi connectivity index (χ3n) is 5.99. The Kier molecular flexibility index (Phi) is 3.55. The van der Waals surface area contributed by atoms with Crippen molar-refractivity contribution in [1.29, 1.82) is 0 Å². The maximum Gasteiger partial charge on any atom is 0.225 e. The van der Waals surface area contributed by atoms with Gasteiger partial charge in [-0.2, -0.15) is 5.10 Å². The van der Waals surface area contributed by atoms with Crippen molar-refractivity contribution in [3.63, 3.8) is 0 Å². The number of amides is 1. The molecule has 5 rings (SSSR count). The highest BCUT2D eigenvalue weighted by Crippen LogP contribution is 2.44. The molecule has 0 spiro atoms. The second kappa shape index (κ2) is 5.80. The summed E-state index contributed by atoms with van der Waals surface area (Å²) in [7, 11) is 0. The molecule has 25 heavy (non-hydrogen) atoms. The van der Waals surface area contributed by atoms with Gasteiger partial charge in [0.15, 0.2) is 5.65 Å². The zero-order valence-electron chi connectivity index (χ0n) is 14.6. The molecule has 0 radical (unpaired) electrons. The van der Waals surface area contributed by atoms with Gasteiger partial charge in [0.25, 0.3) is 0 Å². The van der Waals surface area contributed by atoms with Gasteiger partial charge in [-0.1, -0.05) is 0 Å². The summed E-state index contributed by atoms with van der Waals surface area (Å²) in [6, 6.07) is 2.47. The Bertz CT molecular complexity index is 824. The third-order valence-corrected chi connectivity index (χ3v) is 5.99. The lowest BCUT2D eigenvalue weighted by Gasteiger charge is -2.37. The lowest BCUT2D eigenvalue weighted by atomic mass is 9.97. The van der Waals surface area contributed by atoms with E-state index in [0.717, 1.165) is 50.1 Å². The Morgan fingerprint density at radius 1 is 1.32 bits per heavy atom. The highest BCUT2D eigenvalue weighted by molar-refractivity contribution is 5.78. The summed E-state index contributed by atoms with van der Waals surface area (Å²) >= 11 is 0. The second-order valence-corrected chi connectivity index (χ2v) is 7.66. The summed E-state index contributed by atoms with van der Waals surface area (Å²) in [6.07, 6.45) is 8.89. The molecule has 2 bridgehead atoms. The first-order valence-corrected chi connectivity index (χ1v) is 9.47. The average Bonchev–Trinajstić information content (AvgIpc) is 3.15. The number of aryl methyl sites for hydroxylation is 1. The summed E-state index contributed by atoms with van der Waals surface area (Å²) < 4.78 is 7.77. The first-order valence-electron chi connectivity index (χ1n) is 9.47. The fraction of sp³-hybridized carbons (Fsp3) is 0.632. The van der Waals surface area contributed by atoms with E-state index in [4.69, 9.17) is 4.74 Å². The molecular formula is C19H24N4O2. The maximum absolute atomic E-state index is 13.0. The maximum atomic E-state index is 13.0. The Balaban J connectivity index is 1.44. The minimum atomic E-state index is 0.108. The van der Waals surface area contributed by atoms with Gasteiger partial charge in [0, 0.05) is 36.9 Å². The number of hydrogen-bond donors (Lipinski definition) is 0. The van der Waals surface area contributed by atoms with Gasteiger partial charge >= 0.3 is 0 Å². The van der Waals surface area contributed by atoms with Gasteiger partial charge in [0.2, 0.25) is 5.91 Å². The normalized spacial score (nSPS) is 28.4. The largest absolute Gasteiger partial charge is 0.378 e. The van der Waals surface area contributed by atoms with E-state index >= 15 is 0 Å². The molecule has 0 aliphatic carbocycles. The molecule has 2 aromatic rings. The lowest BCUT2D eigenvalue weighted by molar-refractivity contribution is -0.138. The van der Waals surface area contributed by atoms with Gasteiger partial charge in [-0.3, -0.25) is 4.79 Å². The highest BCUT2D eigenvalue weighted by Gasteiger charge is 2.44. The zero-order valence-corrected chi connectivity index (χ0v) is 14.6. The van der Waals surface area contributed by atoms with Crippen LogP contribution in [0, 0.1) is 6.92 Å². The molecular weight excluding hydrogens is 316 g/mol. The van der Waals surface area contributed by atoms with Gasteiger partial charge < -0.3 is 9.64 Å². The van der Waals surface area contributed by atoms with Crippen molar-refractivity contribution in [3.05, 3.63) is 29.2 Å². The van der Waals surface area contributed by atoms with E-state index < -0.39 is 0 Å². The molecule has 0 N–H and O–H groups in total. The second-order valence-electron chi connectivity index (χ2n) is 7.66. The van der Waals surface area contributed by atoms with Crippen LogP contribution in [0.5, 0.6) is 0 Å². The van der Waals surface area contributed by atoms with Crippen LogP contribution in [0.1, 0.15) is 61.5 Å². The monoisotopic (exact) mass is 340 g/mol. The van der Waals surface area contributed by atoms with Crippen molar-refractivity contribution in [2.24, 2.45) is 0 Å². The molecule has 2 saturated heterocycles. The molecule has 3 atom stereocenters. The number of hydrogen-bond acceptors (Lipinski definition) is 4. The Morgan fingerprint density at radius 3 is 3.08 bits per heavy atom. The summed E-state index contributed by atoms with van der Waals surface area (Å²) in [5.74, 6) is 0.252. The molecule has 3 aliphatic heterocycles. The molecule has 0 saturated carbocycles. The molecule has 132 valence electrons. The molecule has 5 heterocycles. The number of carbonyl (C=O) groups excluding carboxylic acids is 1. The molecule has 6 heteroatoms. The van der Waals surface area contributed by atoms with Crippen LogP contribution < -0.4 is 0 Å². The van der Waals surface area contributed by atoms with E-state index in [9.17, 15) is 4.79 Å². The van der Waals surface area contributed by atoms with Gasteiger partial charge in [-0.25, -0.2) is 9.50 Å². The number of carbonyl (C=O) groups is 1. The van der Waals surface area contributed by atoms with Crippen LogP contribution in [-0.2, 0) is 16.0 Å². The lowest BCUT2D eigenvalue weighted by Crippen LogP contribution is -2.44. The summed E-state index contributed by atoms with van der Waals surface area (Å²) in [4.78, 5) is 19.7. The standard InChI is InChI=1S/C19H24N4O2/c1-12-8-18-20-11-15-16-6-5-13(9-17(15)23(18)21-12)22(16)19(24)10-14-4-2-3-7-25-14/h8,11,13-14,16H,2-7,9-10H2,1H3/t13-,14+,16-/m1/s1. The highest BCUT2D eigenvalue weighted by atomic mass is 16.5. The van der Waals surface area contributed by atoms with Crippen LogP contribution in [0.25, 0.3) is 5.65 Å². The number of aromatic nitrogens is 3. The quantitative estimate of drug-likeness (QED) is 0.843. The first kappa shape index (κ1) is 15.3. The third kappa shape index (κ3) is 2.46. The number of fused-ring (bicyclic) bond motifs is 6. The smallest absolute Gasteiger partial charge is 0.225 e. The van der Waals surface area contributed by atoms with Crippen LogP contribution >= 0.6 is 0 Å². The van der Waals surface area contributed by atoms with E-state index in [1.54, 1.807) is 0 Å². The van der Waals surface area contributed by atoms with Gasteiger partial charge in [0.1, 0.15) is 0 Å². The molecule has 0 unspecified atom stereocenters. The van der Waals surface area contributed by atoms with Crippen LogP contribution in [0.2, 0.25) is 0 Å². The van der Waals surface area contributed by atoms with Crippen LogP contribution in [0.3, 0.4) is 0 Å². The average molecular weight is 340 g/mol. The topological polar surface area (TPSA) is 59.7 Å². The molecule has 2 fully saturated rings. The number of rotatable bonds is 2. The summed E-state index contributed by atoms with van der Waals surface area (Å²) in [5, 5.41) is 4.62. The van der Waals surface area contributed by atoms with Crippen LogP contribution in [0.15, 0.2) is 12.3 Å². The predicted molar refractivity (Wildman–Crippen MR) is 92.2 cm³/mol. The van der Waals surface area contributed by atoms with Crippen molar-refractivity contribution in [3.8, 4) is 0 Å². The van der Waals surface area contributed by atoms with E-state index in [1.807, 2.05) is 23.7 Å². The van der Waals surface area contributed by atoms with Crippen molar-refractivity contribution >= 4 is 11.6 Å². The molecule has 1 amide bonds. The van der Waals surface area contributed by atoms with Gasteiger partial charge in [0.05, 0.1) is 30.0 Å². The molecule has 2 aromatic heterocycles. The van der Waals surface area contributed by atoms with Crippen molar-refractivity contribution in [1.82, 2.24) is 19.5 Å². The van der Waals surface area contributed by atoms with E-state index in [1.165, 1.54) is 17.7 Å². The van der Waals surface area contributed by atoms with Crippen molar-refractivity contribution in [2.75, 3.05) is 6.61 Å². The number of nitrogens with zero attached hydrogens (tertiary/aromatic N) is 4. The zero-order chi connectivity index (χ0) is 17.0. The van der Waals surface area contributed by atoms with E-state index in [2.05, 4.69) is 15.0 Å². The minimum Gasteiger partial charge on any atom is -0.378 e. The molecule has 0 aromatic carbocycles. The fourth-order valence-corrected chi connectivity index (χ4v) is 4.85. The minimum absolute atomic E-state index is 0.108. The summed E-state index contributed by atoms with van der Waals surface area (Å²) in [5.41, 5.74) is 4.32.